The topological polar surface area (TPSA) is 156 Å². The molecule has 1 aromatic carbocycles. The van der Waals surface area contributed by atoms with Crippen molar-refractivity contribution in [2.24, 2.45) is 5.73 Å². The first kappa shape index (κ1) is 34.5. The Kier molecular flexibility index (Phi) is 11.1. The van der Waals surface area contributed by atoms with Gasteiger partial charge in [-0.1, -0.05) is 44.0 Å². The Morgan fingerprint density at radius 2 is 1.75 bits per heavy atom. The maximum atomic E-state index is 14.3. The van der Waals surface area contributed by atoms with E-state index in [2.05, 4.69) is 16.9 Å². The van der Waals surface area contributed by atoms with Crippen LogP contribution in [0.5, 0.6) is 0 Å². The lowest BCUT2D eigenvalue weighted by Gasteiger charge is -2.31. The molecule has 44 heavy (non-hydrogen) atoms. The molecule has 1 amide bonds. The van der Waals surface area contributed by atoms with Gasteiger partial charge in [-0.2, -0.15) is 0 Å². The van der Waals surface area contributed by atoms with Crippen molar-refractivity contribution in [3.63, 3.8) is 0 Å². The Labute approximate surface area is 260 Å². The van der Waals surface area contributed by atoms with Crippen LogP contribution in [0, 0.1) is 0 Å². The smallest absolute Gasteiger partial charge is 0.416 e. The van der Waals surface area contributed by atoms with Gasteiger partial charge in [0.1, 0.15) is 18.0 Å². The van der Waals surface area contributed by atoms with Gasteiger partial charge in [-0.25, -0.2) is 23.2 Å². The van der Waals surface area contributed by atoms with Gasteiger partial charge in [0.05, 0.1) is 5.69 Å². The van der Waals surface area contributed by atoms with Crippen molar-refractivity contribution in [3.8, 4) is 0 Å². The molecule has 11 nitrogen and oxygen atoms in total. The minimum Gasteiger partial charge on any atom is -0.480 e. The second kappa shape index (κ2) is 14.2. The second-order valence-corrected chi connectivity index (χ2v) is 14.0. The molecule has 1 unspecified atom stereocenters. The van der Waals surface area contributed by atoms with E-state index < -0.39 is 38.9 Å². The Bertz CT molecular complexity index is 1560. The molecule has 0 aliphatic heterocycles. The predicted molar refractivity (Wildman–Crippen MR) is 170 cm³/mol. The van der Waals surface area contributed by atoms with Gasteiger partial charge < -0.3 is 20.5 Å². The Hall–Kier alpha value is -4.03. The Balaban J connectivity index is 2.18. The fourth-order valence-corrected chi connectivity index (χ4v) is 6.31. The van der Waals surface area contributed by atoms with E-state index in [0.29, 0.717) is 5.56 Å². The highest BCUT2D eigenvalue weighted by atomic mass is 32.2. The first-order valence-corrected chi connectivity index (χ1v) is 16.0. The molecule has 0 radical (unpaired) electrons. The van der Waals surface area contributed by atoms with Crippen LogP contribution in [0.1, 0.15) is 63.8 Å². The molecule has 3 N–H and O–H groups in total. The number of hydrogen-bond donors (Lipinski definition) is 2. The number of sulfone groups is 1. The Morgan fingerprint density at radius 1 is 1.02 bits per heavy atom. The highest BCUT2D eigenvalue weighted by Crippen LogP contribution is 2.35. The van der Waals surface area contributed by atoms with Crippen LogP contribution in [0.4, 0.5) is 16.3 Å². The SMILES string of the molecule is CCCCCc1ccc(CC(N)(c2cccc(N(CC(=O)O)C(=O)OC(C)(C)C)n2)S(=O)(=O)c2ccccn2)cc1N(C)C. The van der Waals surface area contributed by atoms with Gasteiger partial charge in [0, 0.05) is 32.4 Å². The number of nitrogens with two attached hydrogens (primary N) is 1. The molecular formula is C32H43N5O6S. The fourth-order valence-electron chi connectivity index (χ4n) is 4.73. The number of carbonyl (C=O) groups is 2. The van der Waals surface area contributed by atoms with Crippen molar-refractivity contribution in [1.29, 1.82) is 0 Å². The zero-order valence-electron chi connectivity index (χ0n) is 26.3. The van der Waals surface area contributed by atoms with Gasteiger partial charge in [0.25, 0.3) is 0 Å². The van der Waals surface area contributed by atoms with Crippen molar-refractivity contribution < 1.29 is 27.9 Å². The van der Waals surface area contributed by atoms with Crippen LogP contribution < -0.4 is 15.5 Å². The number of anilines is 2. The van der Waals surface area contributed by atoms with Crippen LogP contribution in [-0.2, 0) is 37.1 Å². The number of hydrogen-bond acceptors (Lipinski definition) is 9. The number of aryl methyl sites for hydroxylation is 1. The summed E-state index contributed by atoms with van der Waals surface area (Å²) in [5.74, 6) is -1.43. The largest absolute Gasteiger partial charge is 0.480 e. The maximum absolute atomic E-state index is 14.3. The van der Waals surface area contributed by atoms with Crippen LogP contribution >= 0.6 is 0 Å². The first-order valence-electron chi connectivity index (χ1n) is 14.5. The summed E-state index contributed by atoms with van der Waals surface area (Å²) >= 11 is 0. The lowest BCUT2D eigenvalue weighted by molar-refractivity contribution is -0.135. The molecule has 12 heteroatoms. The fraction of sp³-hybridized carbons (Fsp3) is 0.438. The van der Waals surface area contributed by atoms with E-state index in [1.165, 1.54) is 30.5 Å². The molecule has 0 aliphatic carbocycles. The third-order valence-electron chi connectivity index (χ3n) is 6.89. The number of rotatable bonds is 13. The molecule has 0 saturated heterocycles. The van der Waals surface area contributed by atoms with Crippen LogP contribution in [0.15, 0.2) is 65.8 Å². The minimum atomic E-state index is -4.39. The van der Waals surface area contributed by atoms with Gasteiger partial charge in [0.15, 0.2) is 9.90 Å². The molecule has 238 valence electrons. The number of benzene rings is 1. The maximum Gasteiger partial charge on any atom is 0.416 e. The highest BCUT2D eigenvalue weighted by molar-refractivity contribution is 7.92. The number of carboxylic acid groups (broad SMARTS) is 1. The van der Waals surface area contributed by atoms with Crippen LogP contribution in [-0.4, -0.2) is 61.8 Å². The normalized spacial score (nSPS) is 13.2. The lowest BCUT2D eigenvalue weighted by Crippen LogP contribution is -2.48. The molecule has 0 bridgehead atoms. The average molecular weight is 626 g/mol. The molecule has 1 atom stereocenters. The molecular weight excluding hydrogens is 582 g/mol. The number of pyridine rings is 2. The summed E-state index contributed by atoms with van der Waals surface area (Å²) in [4.78, 5) is 34.0. The number of amides is 1. The third-order valence-corrected chi connectivity index (χ3v) is 9.00. The van der Waals surface area contributed by atoms with Crippen molar-refractivity contribution in [1.82, 2.24) is 9.97 Å². The Morgan fingerprint density at radius 3 is 2.34 bits per heavy atom. The number of ether oxygens (including phenoxy) is 1. The second-order valence-electron chi connectivity index (χ2n) is 11.9. The molecule has 0 saturated carbocycles. The average Bonchev–Trinajstić information content (AvgIpc) is 2.96. The van der Waals surface area contributed by atoms with Gasteiger partial charge in [-0.3, -0.25) is 9.69 Å². The molecule has 2 aromatic heterocycles. The van der Waals surface area contributed by atoms with E-state index in [-0.39, 0.29) is 23.0 Å². The summed E-state index contributed by atoms with van der Waals surface area (Å²) in [7, 11) is -0.524. The zero-order valence-corrected chi connectivity index (χ0v) is 27.1. The number of nitrogens with zero attached hydrogens (tertiary/aromatic N) is 4. The van der Waals surface area contributed by atoms with Crippen LogP contribution in [0.25, 0.3) is 0 Å². The van der Waals surface area contributed by atoms with Crippen molar-refractivity contribution in [2.75, 3.05) is 30.4 Å². The number of aliphatic carboxylic acids is 1. The number of carboxylic acids is 1. The van der Waals surface area contributed by atoms with Crippen molar-refractivity contribution in [2.45, 2.75) is 75.3 Å². The number of unbranched alkanes of at least 4 members (excludes halogenated alkanes) is 2. The van der Waals surface area contributed by atoms with Crippen LogP contribution in [0.2, 0.25) is 0 Å². The van der Waals surface area contributed by atoms with E-state index in [9.17, 15) is 23.1 Å². The molecule has 2 heterocycles. The summed E-state index contributed by atoms with van der Waals surface area (Å²) in [6.07, 6.45) is 4.36. The predicted octanol–water partition coefficient (Wildman–Crippen LogP) is 4.93. The highest BCUT2D eigenvalue weighted by Gasteiger charge is 2.46. The third kappa shape index (κ3) is 8.32. The van der Waals surface area contributed by atoms with E-state index in [4.69, 9.17) is 10.5 Å². The quantitative estimate of drug-likeness (QED) is 0.250. The van der Waals surface area contributed by atoms with Gasteiger partial charge in [0.2, 0.25) is 9.84 Å². The monoisotopic (exact) mass is 625 g/mol. The van der Waals surface area contributed by atoms with E-state index >= 15 is 0 Å². The van der Waals surface area contributed by atoms with Gasteiger partial charge in [-0.15, -0.1) is 0 Å². The molecule has 0 aliphatic rings. The van der Waals surface area contributed by atoms with Crippen molar-refractivity contribution in [3.05, 3.63) is 77.6 Å². The summed E-state index contributed by atoms with van der Waals surface area (Å²) < 4.78 is 33.9. The molecule has 3 rings (SSSR count). The summed E-state index contributed by atoms with van der Waals surface area (Å²) in [5, 5.41) is 9.30. The standard InChI is InChI=1S/C32H43N5O6S/c1-7-8-9-13-24-18-17-23(20-25(24)36(5)6)21-32(33,44(41,42)28-16-10-11-19-34-28)26-14-12-15-27(35-26)37(22-29(38)39)30(40)43-31(2,3)4/h10-12,14-20H,7-9,13,21-22,33H2,1-6H3,(H,38,39). The summed E-state index contributed by atoms with van der Waals surface area (Å²) in [5.41, 5.74) is 8.66. The van der Waals surface area contributed by atoms with E-state index in [1.54, 1.807) is 32.9 Å². The summed E-state index contributed by atoms with van der Waals surface area (Å²) in [6, 6.07) is 14.6. The number of aromatic nitrogens is 2. The summed E-state index contributed by atoms with van der Waals surface area (Å²) in [6.45, 7) is 6.33. The van der Waals surface area contributed by atoms with Gasteiger partial charge in [-0.05, 0) is 75.1 Å². The number of carbonyl (C=O) groups excluding carboxylic acids is 1. The zero-order chi connectivity index (χ0) is 32.7. The lowest BCUT2D eigenvalue weighted by atomic mass is 9.97. The van der Waals surface area contributed by atoms with E-state index in [0.717, 1.165) is 41.8 Å². The minimum absolute atomic E-state index is 0.0852. The van der Waals surface area contributed by atoms with Crippen LogP contribution in [0.3, 0.4) is 0 Å². The molecule has 0 spiro atoms. The molecule has 0 fully saturated rings. The van der Waals surface area contributed by atoms with Crippen molar-refractivity contribution >= 4 is 33.4 Å². The van der Waals surface area contributed by atoms with Gasteiger partial charge >= 0.3 is 12.1 Å². The first-order chi connectivity index (χ1) is 20.6. The van der Waals surface area contributed by atoms with E-state index in [1.807, 2.05) is 37.2 Å². The molecule has 3 aromatic rings.